The highest BCUT2D eigenvalue weighted by atomic mass is 19.1. The van der Waals surface area contributed by atoms with Crippen molar-refractivity contribution in [2.24, 2.45) is 0 Å². The average Bonchev–Trinajstić information content (AvgIpc) is 2.51. The second kappa shape index (κ2) is 6.35. The van der Waals surface area contributed by atoms with Crippen LogP contribution in [0.4, 0.5) is 8.78 Å². The predicted octanol–water partition coefficient (Wildman–Crippen LogP) is 4.32. The fourth-order valence-corrected chi connectivity index (χ4v) is 2.97. The summed E-state index contributed by atoms with van der Waals surface area (Å²) in [5.41, 5.74) is 1.73. The van der Waals surface area contributed by atoms with Gasteiger partial charge in [0.05, 0.1) is 0 Å². The van der Waals surface area contributed by atoms with Crippen LogP contribution in [0.15, 0.2) is 42.5 Å². The summed E-state index contributed by atoms with van der Waals surface area (Å²) < 4.78 is 27.9. The molecule has 0 aliphatic carbocycles. The topological polar surface area (TPSA) is 12.0 Å². The average molecular weight is 287 g/mol. The Morgan fingerprint density at radius 2 is 1.76 bits per heavy atom. The van der Waals surface area contributed by atoms with Gasteiger partial charge in [-0.05, 0) is 49.6 Å². The maximum atomic E-state index is 14.0. The molecule has 3 heteroatoms. The molecule has 110 valence electrons. The van der Waals surface area contributed by atoms with Gasteiger partial charge in [-0.25, -0.2) is 8.78 Å². The minimum Gasteiger partial charge on any atom is -0.314 e. The van der Waals surface area contributed by atoms with Crippen LogP contribution in [-0.4, -0.2) is 12.6 Å². The van der Waals surface area contributed by atoms with Gasteiger partial charge in [-0.3, -0.25) is 0 Å². The van der Waals surface area contributed by atoms with Gasteiger partial charge in [0.25, 0.3) is 0 Å². The summed E-state index contributed by atoms with van der Waals surface area (Å²) in [4.78, 5) is 0. The molecule has 1 unspecified atom stereocenters. The highest BCUT2D eigenvalue weighted by Gasteiger charge is 2.15. The van der Waals surface area contributed by atoms with Gasteiger partial charge in [0, 0.05) is 17.2 Å². The molecule has 1 nitrogen and oxygen atoms in total. The van der Waals surface area contributed by atoms with Crippen LogP contribution in [0.2, 0.25) is 0 Å². The monoisotopic (exact) mass is 287 g/mol. The van der Waals surface area contributed by atoms with E-state index in [0.29, 0.717) is 17.2 Å². The molecule has 0 saturated carbocycles. The lowest BCUT2D eigenvalue weighted by atomic mass is 9.95. The molecule has 0 aromatic heterocycles. The van der Waals surface area contributed by atoms with Gasteiger partial charge >= 0.3 is 0 Å². The summed E-state index contributed by atoms with van der Waals surface area (Å²) in [6, 6.07) is 11.8. The summed E-state index contributed by atoms with van der Waals surface area (Å²) in [6.07, 6.45) is 4.47. The van der Waals surface area contributed by atoms with Gasteiger partial charge in [-0.15, -0.1) is 0 Å². The molecule has 21 heavy (non-hydrogen) atoms. The van der Waals surface area contributed by atoms with Crippen molar-refractivity contribution in [3.8, 4) is 11.1 Å². The first-order valence-corrected chi connectivity index (χ1v) is 7.51. The Balaban J connectivity index is 1.87. The maximum absolute atomic E-state index is 14.0. The molecule has 1 aliphatic rings. The van der Waals surface area contributed by atoms with Crippen LogP contribution in [0.5, 0.6) is 0 Å². The predicted molar refractivity (Wildman–Crippen MR) is 81.1 cm³/mol. The molecular weight excluding hydrogens is 268 g/mol. The third kappa shape index (κ3) is 3.30. The van der Waals surface area contributed by atoms with E-state index in [4.69, 9.17) is 0 Å². The van der Waals surface area contributed by atoms with Crippen molar-refractivity contribution in [1.29, 1.82) is 0 Å². The lowest BCUT2D eigenvalue weighted by Gasteiger charge is -2.23. The SMILES string of the molecule is Fc1ccccc1-c1cc(CC2CCCCN2)ccc1F. The second-order valence-corrected chi connectivity index (χ2v) is 5.64. The lowest BCUT2D eigenvalue weighted by molar-refractivity contribution is 0.399. The third-order valence-corrected chi connectivity index (χ3v) is 4.09. The number of benzene rings is 2. The number of nitrogens with one attached hydrogen (secondary N) is 1. The van der Waals surface area contributed by atoms with Crippen molar-refractivity contribution in [3.05, 3.63) is 59.7 Å². The van der Waals surface area contributed by atoms with E-state index in [0.717, 1.165) is 24.9 Å². The highest BCUT2D eigenvalue weighted by molar-refractivity contribution is 5.65. The molecule has 1 aliphatic heterocycles. The van der Waals surface area contributed by atoms with Crippen LogP contribution in [0.1, 0.15) is 24.8 Å². The largest absolute Gasteiger partial charge is 0.314 e. The maximum Gasteiger partial charge on any atom is 0.131 e. The van der Waals surface area contributed by atoms with Crippen molar-refractivity contribution >= 4 is 0 Å². The summed E-state index contributed by atoms with van der Waals surface area (Å²) in [7, 11) is 0. The van der Waals surface area contributed by atoms with Crippen LogP contribution in [-0.2, 0) is 6.42 Å². The second-order valence-electron chi connectivity index (χ2n) is 5.64. The molecule has 0 bridgehead atoms. The molecule has 0 spiro atoms. The lowest BCUT2D eigenvalue weighted by Crippen LogP contribution is -2.35. The Kier molecular flexibility index (Phi) is 4.30. The van der Waals surface area contributed by atoms with E-state index in [1.54, 1.807) is 30.3 Å². The van der Waals surface area contributed by atoms with E-state index < -0.39 is 0 Å². The van der Waals surface area contributed by atoms with Crippen LogP contribution in [0.25, 0.3) is 11.1 Å². The van der Waals surface area contributed by atoms with E-state index in [-0.39, 0.29) is 11.6 Å². The molecule has 2 aromatic carbocycles. The number of halogens is 2. The van der Waals surface area contributed by atoms with Crippen LogP contribution >= 0.6 is 0 Å². The fourth-order valence-electron chi connectivity index (χ4n) is 2.97. The van der Waals surface area contributed by atoms with Crippen LogP contribution in [0.3, 0.4) is 0 Å². The van der Waals surface area contributed by atoms with Crippen molar-refractivity contribution in [2.45, 2.75) is 31.7 Å². The quantitative estimate of drug-likeness (QED) is 0.886. The number of hydrogen-bond donors (Lipinski definition) is 1. The molecule has 1 atom stereocenters. The molecule has 1 saturated heterocycles. The van der Waals surface area contributed by atoms with Crippen molar-refractivity contribution in [1.82, 2.24) is 5.32 Å². The number of rotatable bonds is 3. The summed E-state index contributed by atoms with van der Waals surface area (Å²) >= 11 is 0. The van der Waals surface area contributed by atoms with Gasteiger partial charge in [-0.2, -0.15) is 0 Å². The van der Waals surface area contributed by atoms with Crippen LogP contribution < -0.4 is 5.32 Å². The Morgan fingerprint density at radius 3 is 2.52 bits per heavy atom. The van der Waals surface area contributed by atoms with Gasteiger partial charge < -0.3 is 5.32 Å². The summed E-state index contributed by atoms with van der Waals surface area (Å²) in [5.74, 6) is -0.759. The molecule has 0 amide bonds. The Hall–Kier alpha value is -1.74. The van der Waals surface area contributed by atoms with Crippen molar-refractivity contribution in [3.63, 3.8) is 0 Å². The molecule has 0 radical (unpaired) electrons. The molecule has 1 heterocycles. The van der Waals surface area contributed by atoms with Gasteiger partial charge in [0.1, 0.15) is 11.6 Å². The zero-order valence-corrected chi connectivity index (χ0v) is 11.9. The van der Waals surface area contributed by atoms with E-state index >= 15 is 0 Å². The zero-order chi connectivity index (χ0) is 14.7. The molecule has 3 rings (SSSR count). The normalized spacial score (nSPS) is 18.7. The van der Waals surface area contributed by atoms with E-state index in [1.165, 1.54) is 25.0 Å². The third-order valence-electron chi connectivity index (χ3n) is 4.09. The summed E-state index contributed by atoms with van der Waals surface area (Å²) in [5, 5.41) is 3.48. The van der Waals surface area contributed by atoms with Crippen LogP contribution in [0, 0.1) is 11.6 Å². The van der Waals surface area contributed by atoms with E-state index in [2.05, 4.69) is 5.32 Å². The van der Waals surface area contributed by atoms with Gasteiger partial charge in [-0.1, -0.05) is 30.7 Å². The Bertz CT molecular complexity index is 618. The Morgan fingerprint density at radius 1 is 0.952 bits per heavy atom. The first-order valence-electron chi connectivity index (χ1n) is 7.51. The van der Waals surface area contributed by atoms with E-state index in [9.17, 15) is 8.78 Å². The zero-order valence-electron chi connectivity index (χ0n) is 11.9. The van der Waals surface area contributed by atoms with Crippen molar-refractivity contribution in [2.75, 3.05) is 6.54 Å². The molecule has 1 fully saturated rings. The first-order chi connectivity index (χ1) is 10.2. The van der Waals surface area contributed by atoms with Gasteiger partial charge in [0.15, 0.2) is 0 Å². The number of hydrogen-bond acceptors (Lipinski definition) is 1. The standard InChI is InChI=1S/C18H19F2N/c19-17-7-2-1-6-15(17)16-12-13(8-9-18(16)20)11-14-5-3-4-10-21-14/h1-2,6-9,12,14,21H,3-5,10-11H2. The molecular formula is C18H19F2N. The molecule has 1 N–H and O–H groups in total. The Labute approximate surface area is 124 Å². The van der Waals surface area contributed by atoms with Crippen molar-refractivity contribution < 1.29 is 8.78 Å². The number of piperidine rings is 1. The first kappa shape index (κ1) is 14.2. The molecule has 2 aromatic rings. The smallest absolute Gasteiger partial charge is 0.131 e. The minimum atomic E-state index is -0.385. The summed E-state index contributed by atoms with van der Waals surface area (Å²) in [6.45, 7) is 1.05. The van der Waals surface area contributed by atoms with E-state index in [1.807, 2.05) is 0 Å². The minimum absolute atomic E-state index is 0.327. The highest BCUT2D eigenvalue weighted by Crippen LogP contribution is 2.27. The fraction of sp³-hybridized carbons (Fsp3) is 0.333. The van der Waals surface area contributed by atoms with Gasteiger partial charge in [0.2, 0.25) is 0 Å².